The summed E-state index contributed by atoms with van der Waals surface area (Å²) < 4.78 is 16.3. The first kappa shape index (κ1) is 21.0. The van der Waals surface area contributed by atoms with Crippen molar-refractivity contribution in [2.24, 2.45) is 0 Å². The lowest BCUT2D eigenvalue weighted by Gasteiger charge is -2.09. The summed E-state index contributed by atoms with van der Waals surface area (Å²) >= 11 is 0. The van der Waals surface area contributed by atoms with E-state index in [1.54, 1.807) is 20.3 Å². The van der Waals surface area contributed by atoms with Gasteiger partial charge in [0.15, 0.2) is 11.5 Å². The molecule has 0 heterocycles. The van der Waals surface area contributed by atoms with Gasteiger partial charge in [0.1, 0.15) is 12.4 Å². The maximum absolute atomic E-state index is 12.1. The lowest BCUT2D eigenvalue weighted by Crippen LogP contribution is -2.20. The van der Waals surface area contributed by atoms with Crippen molar-refractivity contribution in [3.63, 3.8) is 0 Å². The average Bonchev–Trinajstić information content (AvgIpc) is 2.81. The molecule has 0 saturated heterocycles. The van der Waals surface area contributed by atoms with Gasteiger partial charge in [0.05, 0.1) is 14.2 Å². The molecular weight excluding hydrogens is 378 g/mol. The van der Waals surface area contributed by atoms with Crippen molar-refractivity contribution in [1.82, 2.24) is 5.32 Å². The van der Waals surface area contributed by atoms with Crippen molar-refractivity contribution in [2.45, 2.75) is 13.2 Å². The topological polar surface area (TPSA) is 56.8 Å². The number of methoxy groups -OCH3 is 2. The molecule has 154 valence electrons. The fraction of sp³-hybridized carbons (Fsp3) is 0.160. The van der Waals surface area contributed by atoms with Crippen LogP contribution >= 0.6 is 0 Å². The third-order valence-electron chi connectivity index (χ3n) is 4.47. The summed E-state index contributed by atoms with van der Waals surface area (Å²) in [6.45, 7) is 0.921. The SMILES string of the molecule is COc1ccc(CNC(=O)/C=C/c2ccc(OCc3ccccc3)cc2)cc1OC. The number of amides is 1. The van der Waals surface area contributed by atoms with Gasteiger partial charge in [-0.25, -0.2) is 0 Å². The van der Waals surface area contributed by atoms with Gasteiger partial charge in [0, 0.05) is 12.6 Å². The number of rotatable bonds is 9. The Bertz CT molecular complexity index is 982. The fourth-order valence-corrected chi connectivity index (χ4v) is 2.83. The van der Waals surface area contributed by atoms with Crippen molar-refractivity contribution in [3.05, 3.63) is 95.6 Å². The molecule has 0 spiro atoms. The van der Waals surface area contributed by atoms with Crippen LogP contribution in [0, 0.1) is 0 Å². The predicted molar refractivity (Wildman–Crippen MR) is 118 cm³/mol. The fourth-order valence-electron chi connectivity index (χ4n) is 2.83. The molecule has 5 heteroatoms. The third kappa shape index (κ3) is 6.14. The van der Waals surface area contributed by atoms with Crippen LogP contribution < -0.4 is 19.5 Å². The molecule has 0 radical (unpaired) electrons. The number of benzene rings is 3. The highest BCUT2D eigenvalue weighted by atomic mass is 16.5. The lowest BCUT2D eigenvalue weighted by atomic mass is 10.2. The molecule has 0 saturated carbocycles. The van der Waals surface area contributed by atoms with Gasteiger partial charge in [-0.2, -0.15) is 0 Å². The maximum Gasteiger partial charge on any atom is 0.244 e. The van der Waals surface area contributed by atoms with Crippen LogP contribution in [0.4, 0.5) is 0 Å². The van der Waals surface area contributed by atoms with Gasteiger partial charge in [-0.1, -0.05) is 48.5 Å². The second-order valence-corrected chi connectivity index (χ2v) is 6.58. The van der Waals surface area contributed by atoms with Gasteiger partial charge in [-0.15, -0.1) is 0 Å². The summed E-state index contributed by atoms with van der Waals surface area (Å²) in [6.07, 6.45) is 3.28. The summed E-state index contributed by atoms with van der Waals surface area (Å²) in [5, 5.41) is 2.86. The molecule has 3 aromatic carbocycles. The summed E-state index contributed by atoms with van der Waals surface area (Å²) in [6, 6.07) is 23.2. The van der Waals surface area contributed by atoms with Crippen molar-refractivity contribution < 1.29 is 19.0 Å². The van der Waals surface area contributed by atoms with E-state index in [2.05, 4.69) is 5.32 Å². The molecule has 30 heavy (non-hydrogen) atoms. The van der Waals surface area contributed by atoms with Crippen LogP contribution in [0.2, 0.25) is 0 Å². The molecule has 0 aliphatic heterocycles. The van der Waals surface area contributed by atoms with Crippen molar-refractivity contribution in [2.75, 3.05) is 14.2 Å². The van der Waals surface area contributed by atoms with Crippen LogP contribution in [0.25, 0.3) is 6.08 Å². The van der Waals surface area contributed by atoms with E-state index in [0.29, 0.717) is 24.7 Å². The van der Waals surface area contributed by atoms with Gasteiger partial charge in [-0.05, 0) is 47.0 Å². The van der Waals surface area contributed by atoms with Crippen LogP contribution in [0.15, 0.2) is 78.9 Å². The van der Waals surface area contributed by atoms with Crippen LogP contribution in [0.1, 0.15) is 16.7 Å². The number of nitrogens with one attached hydrogen (secondary N) is 1. The Morgan fingerprint density at radius 3 is 2.30 bits per heavy atom. The number of hydrogen-bond donors (Lipinski definition) is 1. The van der Waals surface area contributed by atoms with Gasteiger partial charge in [0.25, 0.3) is 0 Å². The second-order valence-electron chi connectivity index (χ2n) is 6.58. The normalized spacial score (nSPS) is 10.6. The minimum Gasteiger partial charge on any atom is -0.493 e. The molecule has 0 bridgehead atoms. The molecule has 5 nitrogen and oxygen atoms in total. The summed E-state index contributed by atoms with van der Waals surface area (Å²) in [5.41, 5.74) is 2.96. The first-order valence-corrected chi connectivity index (χ1v) is 9.61. The number of hydrogen-bond acceptors (Lipinski definition) is 4. The van der Waals surface area contributed by atoms with Crippen molar-refractivity contribution in [1.29, 1.82) is 0 Å². The molecule has 3 aromatic rings. The van der Waals surface area contributed by atoms with E-state index in [9.17, 15) is 4.79 Å². The van der Waals surface area contributed by atoms with Gasteiger partial charge >= 0.3 is 0 Å². The Kier molecular flexibility index (Phi) is 7.50. The molecule has 0 aliphatic rings. The summed E-state index contributed by atoms with van der Waals surface area (Å²) in [7, 11) is 3.17. The number of ether oxygens (including phenoxy) is 3. The number of carbonyl (C=O) groups excluding carboxylic acids is 1. The average molecular weight is 403 g/mol. The zero-order chi connectivity index (χ0) is 21.2. The largest absolute Gasteiger partial charge is 0.493 e. The van der Waals surface area contributed by atoms with E-state index in [0.717, 1.165) is 22.4 Å². The van der Waals surface area contributed by atoms with E-state index in [1.807, 2.05) is 72.8 Å². The highest BCUT2D eigenvalue weighted by molar-refractivity contribution is 5.91. The van der Waals surface area contributed by atoms with Gasteiger partial charge < -0.3 is 19.5 Å². The molecule has 3 rings (SSSR count). The first-order valence-electron chi connectivity index (χ1n) is 9.61. The Hall–Kier alpha value is -3.73. The Labute approximate surface area is 176 Å². The summed E-state index contributed by atoms with van der Waals surface area (Å²) in [4.78, 5) is 12.1. The quantitative estimate of drug-likeness (QED) is 0.530. The van der Waals surface area contributed by atoms with Gasteiger partial charge in [-0.3, -0.25) is 4.79 Å². The van der Waals surface area contributed by atoms with Crippen LogP contribution in [-0.4, -0.2) is 20.1 Å². The second kappa shape index (κ2) is 10.7. The lowest BCUT2D eigenvalue weighted by molar-refractivity contribution is -0.116. The zero-order valence-corrected chi connectivity index (χ0v) is 17.1. The molecule has 0 aromatic heterocycles. The monoisotopic (exact) mass is 403 g/mol. The molecule has 0 unspecified atom stereocenters. The van der Waals surface area contributed by atoms with E-state index < -0.39 is 0 Å². The van der Waals surface area contributed by atoms with Crippen LogP contribution in [0.3, 0.4) is 0 Å². The molecule has 1 amide bonds. The van der Waals surface area contributed by atoms with Crippen molar-refractivity contribution >= 4 is 12.0 Å². The smallest absolute Gasteiger partial charge is 0.244 e. The Balaban J connectivity index is 1.48. The minimum absolute atomic E-state index is 0.172. The van der Waals surface area contributed by atoms with E-state index in [-0.39, 0.29) is 5.91 Å². The molecular formula is C25H25NO4. The Morgan fingerprint density at radius 1 is 0.867 bits per heavy atom. The Morgan fingerprint density at radius 2 is 1.60 bits per heavy atom. The molecule has 0 fully saturated rings. The zero-order valence-electron chi connectivity index (χ0n) is 17.1. The van der Waals surface area contributed by atoms with Crippen LogP contribution in [-0.2, 0) is 17.9 Å². The van der Waals surface area contributed by atoms with Crippen LogP contribution in [0.5, 0.6) is 17.2 Å². The van der Waals surface area contributed by atoms with E-state index >= 15 is 0 Å². The summed E-state index contributed by atoms with van der Waals surface area (Å²) in [5.74, 6) is 1.90. The maximum atomic E-state index is 12.1. The van der Waals surface area contributed by atoms with E-state index in [1.165, 1.54) is 6.08 Å². The number of carbonyl (C=O) groups is 1. The molecule has 0 atom stereocenters. The van der Waals surface area contributed by atoms with E-state index in [4.69, 9.17) is 14.2 Å². The standard InChI is InChI=1S/C25H25NO4/c1-28-23-14-10-21(16-24(23)29-2)17-26-25(27)15-11-19-8-12-22(13-9-19)30-18-20-6-4-3-5-7-20/h3-16H,17-18H2,1-2H3,(H,26,27)/b15-11+. The van der Waals surface area contributed by atoms with Crippen molar-refractivity contribution in [3.8, 4) is 17.2 Å². The minimum atomic E-state index is -0.172. The molecule has 1 N–H and O–H groups in total. The first-order chi connectivity index (χ1) is 14.7. The van der Waals surface area contributed by atoms with Gasteiger partial charge in [0.2, 0.25) is 5.91 Å². The highest BCUT2D eigenvalue weighted by Crippen LogP contribution is 2.27. The highest BCUT2D eigenvalue weighted by Gasteiger charge is 2.05. The molecule has 0 aliphatic carbocycles. The third-order valence-corrected chi connectivity index (χ3v) is 4.47. The predicted octanol–water partition coefficient (Wildman–Crippen LogP) is 4.61.